The molecule has 0 aromatic heterocycles. The maximum atomic E-state index is 14.2. The minimum absolute atomic E-state index is 0.0186. The van der Waals surface area contributed by atoms with E-state index < -0.39 is 40.5 Å². The first-order chi connectivity index (χ1) is 16.4. The van der Waals surface area contributed by atoms with Gasteiger partial charge in [-0.1, -0.05) is 104 Å². The van der Waals surface area contributed by atoms with Crippen molar-refractivity contribution in [3.63, 3.8) is 0 Å². The van der Waals surface area contributed by atoms with Gasteiger partial charge in [0.15, 0.2) is 23.3 Å². The molecule has 1 radical (unpaired) electrons. The highest BCUT2D eigenvalue weighted by Gasteiger charge is 2.28. The van der Waals surface area contributed by atoms with Gasteiger partial charge in [0.2, 0.25) is 5.82 Å². The zero-order chi connectivity index (χ0) is 24.2. The number of halogens is 5. The summed E-state index contributed by atoms with van der Waals surface area (Å²) in [5.41, 5.74) is 3.31. The van der Waals surface area contributed by atoms with E-state index in [1.165, 1.54) is 6.92 Å². The molecule has 4 aromatic rings. The van der Waals surface area contributed by atoms with Crippen LogP contribution < -0.4 is 0 Å². The van der Waals surface area contributed by atoms with E-state index in [9.17, 15) is 22.0 Å². The van der Waals surface area contributed by atoms with Crippen molar-refractivity contribution in [3.8, 4) is 0 Å². The van der Waals surface area contributed by atoms with Gasteiger partial charge >= 0.3 is 0 Å². The summed E-state index contributed by atoms with van der Waals surface area (Å²) < 4.78 is 69.0. The van der Waals surface area contributed by atoms with Crippen molar-refractivity contribution < 1.29 is 22.0 Å². The molecule has 0 aliphatic heterocycles. The third-order valence-corrected chi connectivity index (χ3v) is 5.96. The third-order valence-electron chi connectivity index (χ3n) is 5.96. The molecule has 0 bridgehead atoms. The fraction of sp³-hybridized carbons (Fsp3) is 0.143. The number of benzene rings is 4. The molecule has 0 N–H and O–H groups in total. The summed E-state index contributed by atoms with van der Waals surface area (Å²) in [6.07, 6.45) is 0.296. The SMILES string of the molecule is CC([B]Cc1cccc(C(c2ccccc2)c2ccccc2)c1)c1c(F)c(F)c(F)c(F)c1F. The average Bonchev–Trinajstić information content (AvgIpc) is 2.87. The van der Waals surface area contributed by atoms with E-state index in [0.29, 0.717) is 6.32 Å². The Bertz CT molecular complexity index is 1210. The maximum Gasteiger partial charge on any atom is 0.200 e. The van der Waals surface area contributed by atoms with Gasteiger partial charge in [-0.2, -0.15) is 0 Å². The molecule has 1 atom stereocenters. The summed E-state index contributed by atoms with van der Waals surface area (Å²) in [5, 5.41) is 0. The van der Waals surface area contributed by atoms with Gasteiger partial charge < -0.3 is 0 Å². The second-order valence-corrected chi connectivity index (χ2v) is 8.21. The fourth-order valence-electron chi connectivity index (χ4n) is 4.22. The fourth-order valence-corrected chi connectivity index (χ4v) is 4.22. The maximum absolute atomic E-state index is 14.2. The lowest BCUT2D eigenvalue weighted by Crippen LogP contribution is -2.15. The number of hydrogen-bond donors (Lipinski definition) is 0. The molecule has 0 fully saturated rings. The molecule has 4 aromatic carbocycles. The molecule has 0 saturated carbocycles. The lowest BCUT2D eigenvalue weighted by molar-refractivity contribution is 0.370. The van der Waals surface area contributed by atoms with Gasteiger partial charge in [-0.15, -0.1) is 0 Å². The Labute approximate surface area is 196 Å². The quantitative estimate of drug-likeness (QED) is 0.0874. The van der Waals surface area contributed by atoms with Gasteiger partial charge in [0, 0.05) is 11.5 Å². The van der Waals surface area contributed by atoms with Crippen molar-refractivity contribution in [1.29, 1.82) is 0 Å². The topological polar surface area (TPSA) is 0 Å². The van der Waals surface area contributed by atoms with Crippen LogP contribution in [0.25, 0.3) is 0 Å². The molecular weight excluding hydrogens is 442 g/mol. The molecule has 0 spiro atoms. The average molecular weight is 463 g/mol. The number of rotatable bonds is 7. The van der Waals surface area contributed by atoms with Crippen LogP contribution in [0.5, 0.6) is 0 Å². The van der Waals surface area contributed by atoms with Crippen molar-refractivity contribution in [2.45, 2.75) is 25.0 Å². The lowest BCUT2D eigenvalue weighted by Gasteiger charge is -2.20. The summed E-state index contributed by atoms with van der Waals surface area (Å²) in [6.45, 7) is 1.42. The molecular formula is C28H21BF5. The molecule has 0 heterocycles. The second-order valence-electron chi connectivity index (χ2n) is 8.21. The molecule has 171 valence electrons. The van der Waals surface area contributed by atoms with E-state index in [-0.39, 0.29) is 5.92 Å². The first-order valence-electron chi connectivity index (χ1n) is 10.9. The second kappa shape index (κ2) is 10.2. The van der Waals surface area contributed by atoms with Crippen LogP contribution in [0, 0.1) is 29.1 Å². The molecule has 34 heavy (non-hydrogen) atoms. The monoisotopic (exact) mass is 463 g/mol. The Balaban J connectivity index is 1.61. The van der Waals surface area contributed by atoms with Crippen LogP contribution in [0.1, 0.15) is 46.5 Å². The summed E-state index contributed by atoms with van der Waals surface area (Å²) >= 11 is 0. The Kier molecular flexibility index (Phi) is 7.16. The Morgan fingerprint density at radius 1 is 0.588 bits per heavy atom. The van der Waals surface area contributed by atoms with E-state index >= 15 is 0 Å². The van der Waals surface area contributed by atoms with Crippen LogP contribution in [-0.4, -0.2) is 7.28 Å². The van der Waals surface area contributed by atoms with Crippen molar-refractivity contribution in [2.75, 3.05) is 0 Å². The molecule has 6 heteroatoms. The van der Waals surface area contributed by atoms with Crippen LogP contribution in [0.4, 0.5) is 22.0 Å². The van der Waals surface area contributed by atoms with Gasteiger partial charge in [-0.05, 0) is 22.5 Å². The van der Waals surface area contributed by atoms with Crippen molar-refractivity contribution >= 4 is 7.28 Å². The first-order valence-corrected chi connectivity index (χ1v) is 10.9. The van der Waals surface area contributed by atoms with Gasteiger partial charge in [-0.25, -0.2) is 22.0 Å². The zero-order valence-electron chi connectivity index (χ0n) is 18.4. The smallest absolute Gasteiger partial charge is 0.200 e. The van der Waals surface area contributed by atoms with Gasteiger partial charge in [0.1, 0.15) is 7.28 Å². The highest BCUT2D eigenvalue weighted by Crippen LogP contribution is 2.33. The predicted molar refractivity (Wildman–Crippen MR) is 124 cm³/mol. The Morgan fingerprint density at radius 3 is 1.59 bits per heavy atom. The molecule has 0 aliphatic carbocycles. The van der Waals surface area contributed by atoms with Crippen molar-refractivity contribution in [2.24, 2.45) is 0 Å². The van der Waals surface area contributed by atoms with E-state index in [1.54, 1.807) is 7.28 Å². The van der Waals surface area contributed by atoms with E-state index in [4.69, 9.17) is 0 Å². The van der Waals surface area contributed by atoms with Crippen LogP contribution >= 0.6 is 0 Å². The first kappa shape index (κ1) is 23.7. The predicted octanol–water partition coefficient (Wildman–Crippen LogP) is 7.53. The third kappa shape index (κ3) is 4.77. The molecule has 4 rings (SSSR count). The standard InChI is InChI=1S/C28H21BF5/c1-17(22-24(30)26(32)28(34)27(33)25(22)31)29-16-18-9-8-14-21(15-18)23(19-10-4-2-5-11-19)20-12-6-3-7-13-20/h2-15,17,23H,16H2,1H3. The minimum atomic E-state index is -2.15. The van der Waals surface area contributed by atoms with Crippen LogP contribution in [0.15, 0.2) is 84.9 Å². The molecule has 0 saturated heterocycles. The lowest BCUT2D eigenvalue weighted by atomic mass is 9.58. The molecule has 0 nitrogen and oxygen atoms in total. The van der Waals surface area contributed by atoms with Gasteiger partial charge in [0.25, 0.3) is 0 Å². The highest BCUT2D eigenvalue weighted by molar-refractivity contribution is 6.37. The normalized spacial score (nSPS) is 12.1. The largest absolute Gasteiger partial charge is 0.203 e. The highest BCUT2D eigenvalue weighted by atomic mass is 19.2. The van der Waals surface area contributed by atoms with E-state index in [2.05, 4.69) is 24.3 Å². The summed E-state index contributed by atoms with van der Waals surface area (Å²) in [4.78, 5) is 0. The molecule has 0 amide bonds. The van der Waals surface area contributed by atoms with Crippen LogP contribution in [-0.2, 0) is 6.32 Å². The van der Waals surface area contributed by atoms with Crippen molar-refractivity contribution in [1.82, 2.24) is 0 Å². The summed E-state index contributed by atoms with van der Waals surface area (Å²) in [6, 6.07) is 27.9. The van der Waals surface area contributed by atoms with Crippen molar-refractivity contribution in [3.05, 3.63) is 142 Å². The summed E-state index contributed by atoms with van der Waals surface area (Å²) in [7, 11) is 1.55. The Hall–Kier alpha value is -3.41. The number of hydrogen-bond acceptors (Lipinski definition) is 0. The minimum Gasteiger partial charge on any atom is -0.203 e. The van der Waals surface area contributed by atoms with E-state index in [0.717, 1.165) is 22.3 Å². The van der Waals surface area contributed by atoms with Crippen LogP contribution in [0.3, 0.4) is 0 Å². The van der Waals surface area contributed by atoms with E-state index in [1.807, 2.05) is 60.7 Å². The van der Waals surface area contributed by atoms with Crippen LogP contribution in [0.2, 0.25) is 0 Å². The zero-order valence-corrected chi connectivity index (χ0v) is 18.4. The summed E-state index contributed by atoms with van der Waals surface area (Å²) in [5.74, 6) is -10.6. The van der Waals surface area contributed by atoms with Gasteiger partial charge in [0.05, 0.1) is 0 Å². The molecule has 0 aliphatic rings. The Morgan fingerprint density at radius 2 is 1.06 bits per heavy atom. The van der Waals surface area contributed by atoms with Gasteiger partial charge in [-0.3, -0.25) is 0 Å². The molecule has 1 unspecified atom stereocenters.